The number of benzene rings is 3. The second kappa shape index (κ2) is 12.0. The Kier molecular flexibility index (Phi) is 8.49. The zero-order valence-corrected chi connectivity index (χ0v) is 21.3. The lowest BCUT2D eigenvalue weighted by Crippen LogP contribution is -2.36. The normalized spacial score (nSPS) is 14.4. The quantitative estimate of drug-likeness (QED) is 0.400. The van der Waals surface area contributed by atoms with E-state index in [1.54, 1.807) is 24.3 Å². The van der Waals surface area contributed by atoms with Gasteiger partial charge in [0.2, 0.25) is 5.91 Å². The Morgan fingerprint density at radius 1 is 0.861 bits per heavy atom. The van der Waals surface area contributed by atoms with Gasteiger partial charge in [-0.1, -0.05) is 74.0 Å². The van der Waals surface area contributed by atoms with Crippen molar-refractivity contribution in [3.05, 3.63) is 94.5 Å². The summed E-state index contributed by atoms with van der Waals surface area (Å²) in [6.07, 6.45) is 0.906. The van der Waals surface area contributed by atoms with Crippen LogP contribution < -0.4 is 20.1 Å². The Morgan fingerprint density at radius 3 is 2.28 bits per heavy atom. The van der Waals surface area contributed by atoms with Crippen molar-refractivity contribution < 1.29 is 19.1 Å². The lowest BCUT2D eigenvalue weighted by molar-refractivity contribution is -0.122. The van der Waals surface area contributed by atoms with Gasteiger partial charge >= 0.3 is 0 Å². The highest BCUT2D eigenvalue weighted by Crippen LogP contribution is 2.34. The van der Waals surface area contributed by atoms with Crippen molar-refractivity contribution in [2.24, 2.45) is 5.92 Å². The molecule has 6 nitrogen and oxygen atoms in total. The summed E-state index contributed by atoms with van der Waals surface area (Å²) in [5.41, 5.74) is 2.15. The first-order valence-electron chi connectivity index (χ1n) is 12.2. The third-order valence-electron chi connectivity index (χ3n) is 6.13. The minimum Gasteiger partial charge on any atom is -0.490 e. The van der Waals surface area contributed by atoms with Gasteiger partial charge in [-0.05, 0) is 41.3 Å². The lowest BCUT2D eigenvalue weighted by atomic mass is 9.94. The molecule has 1 aliphatic rings. The molecule has 2 amide bonds. The minimum absolute atomic E-state index is 0.0774. The molecule has 3 aromatic carbocycles. The highest BCUT2D eigenvalue weighted by molar-refractivity contribution is 6.33. The standard InChI is InChI=1S/C29H31ClN2O4/c1-19(2)28(21-13-14-25-26(17-21)36-16-8-15-35-25)32-27(33)18-24(20-9-4-3-5-10-20)31-29(34)22-11-6-7-12-23(22)30/h3-7,9-14,17,19,24,28H,8,15-16,18H2,1-2H3,(H,31,34)(H,32,33). The molecule has 0 saturated heterocycles. The Morgan fingerprint density at radius 2 is 1.56 bits per heavy atom. The van der Waals surface area contributed by atoms with E-state index in [0.29, 0.717) is 29.5 Å². The first kappa shape index (κ1) is 25.6. The van der Waals surface area contributed by atoms with Crippen LogP contribution in [0.1, 0.15) is 60.3 Å². The molecule has 0 aliphatic carbocycles. The van der Waals surface area contributed by atoms with Crippen molar-refractivity contribution in [1.82, 2.24) is 10.6 Å². The van der Waals surface area contributed by atoms with E-state index in [4.69, 9.17) is 21.1 Å². The molecule has 188 valence electrons. The molecule has 1 heterocycles. The topological polar surface area (TPSA) is 76.7 Å². The molecule has 36 heavy (non-hydrogen) atoms. The van der Waals surface area contributed by atoms with Crippen molar-refractivity contribution in [2.45, 2.75) is 38.8 Å². The fraction of sp³-hybridized carbons (Fsp3) is 0.310. The van der Waals surface area contributed by atoms with E-state index in [9.17, 15) is 9.59 Å². The van der Waals surface area contributed by atoms with Crippen molar-refractivity contribution in [2.75, 3.05) is 13.2 Å². The maximum Gasteiger partial charge on any atom is 0.253 e. The molecular weight excluding hydrogens is 476 g/mol. The number of rotatable bonds is 8. The number of fused-ring (bicyclic) bond motifs is 1. The summed E-state index contributed by atoms with van der Waals surface area (Å²) in [5.74, 6) is 1.04. The van der Waals surface area contributed by atoms with Gasteiger partial charge in [-0.2, -0.15) is 0 Å². The monoisotopic (exact) mass is 506 g/mol. The van der Waals surface area contributed by atoms with E-state index < -0.39 is 6.04 Å². The zero-order chi connectivity index (χ0) is 25.5. The van der Waals surface area contributed by atoms with E-state index >= 15 is 0 Å². The second-order valence-electron chi connectivity index (χ2n) is 9.17. The second-order valence-corrected chi connectivity index (χ2v) is 9.57. The minimum atomic E-state index is -0.522. The molecule has 2 unspecified atom stereocenters. The maximum absolute atomic E-state index is 13.3. The first-order valence-corrected chi connectivity index (χ1v) is 12.6. The number of amides is 2. The Bertz CT molecular complexity index is 1200. The van der Waals surface area contributed by atoms with E-state index in [-0.39, 0.29) is 30.2 Å². The van der Waals surface area contributed by atoms with Gasteiger partial charge in [0.15, 0.2) is 11.5 Å². The van der Waals surface area contributed by atoms with Crippen LogP contribution in [0.4, 0.5) is 0 Å². The first-order chi connectivity index (χ1) is 17.4. The molecule has 3 aromatic rings. The van der Waals surface area contributed by atoms with Crippen LogP contribution in [0.3, 0.4) is 0 Å². The third kappa shape index (κ3) is 6.38. The zero-order valence-electron chi connectivity index (χ0n) is 20.5. The summed E-state index contributed by atoms with van der Waals surface area (Å²) in [6, 6.07) is 21.4. The van der Waals surface area contributed by atoms with Crippen LogP contribution in [0.15, 0.2) is 72.8 Å². The molecule has 7 heteroatoms. The maximum atomic E-state index is 13.3. The number of nitrogens with one attached hydrogen (secondary N) is 2. The molecule has 0 bridgehead atoms. The molecule has 2 N–H and O–H groups in total. The number of carbonyl (C=O) groups excluding carboxylic acids is 2. The van der Waals surface area contributed by atoms with E-state index in [1.807, 2.05) is 48.5 Å². The molecule has 2 atom stereocenters. The van der Waals surface area contributed by atoms with Gasteiger partial charge in [-0.15, -0.1) is 0 Å². The average molecular weight is 507 g/mol. The summed E-state index contributed by atoms with van der Waals surface area (Å²) in [5, 5.41) is 6.52. The number of hydrogen-bond donors (Lipinski definition) is 2. The fourth-order valence-corrected chi connectivity index (χ4v) is 4.47. The number of halogens is 1. The van der Waals surface area contributed by atoms with Crippen molar-refractivity contribution in [3.8, 4) is 11.5 Å². The van der Waals surface area contributed by atoms with Gasteiger partial charge in [0.05, 0.1) is 42.3 Å². The molecule has 0 fully saturated rings. The van der Waals surface area contributed by atoms with Crippen LogP contribution in [-0.4, -0.2) is 25.0 Å². The van der Waals surface area contributed by atoms with Gasteiger partial charge in [0.1, 0.15) is 0 Å². The molecule has 0 saturated carbocycles. The van der Waals surface area contributed by atoms with Gasteiger partial charge < -0.3 is 20.1 Å². The lowest BCUT2D eigenvalue weighted by Gasteiger charge is -2.26. The van der Waals surface area contributed by atoms with E-state index in [1.165, 1.54) is 0 Å². The largest absolute Gasteiger partial charge is 0.490 e. The summed E-state index contributed by atoms with van der Waals surface area (Å²) in [7, 11) is 0. The van der Waals surface area contributed by atoms with Crippen molar-refractivity contribution in [1.29, 1.82) is 0 Å². The Hall–Kier alpha value is -3.51. The van der Waals surface area contributed by atoms with Crippen LogP contribution >= 0.6 is 11.6 Å². The van der Waals surface area contributed by atoms with E-state index in [0.717, 1.165) is 23.3 Å². The third-order valence-corrected chi connectivity index (χ3v) is 6.46. The van der Waals surface area contributed by atoms with Crippen LogP contribution in [0.5, 0.6) is 11.5 Å². The smallest absolute Gasteiger partial charge is 0.253 e. The van der Waals surface area contributed by atoms with Gasteiger partial charge in [0.25, 0.3) is 5.91 Å². The number of carbonyl (C=O) groups is 2. The Balaban J connectivity index is 1.52. The van der Waals surface area contributed by atoms with E-state index in [2.05, 4.69) is 24.5 Å². The highest BCUT2D eigenvalue weighted by Gasteiger charge is 2.25. The number of ether oxygens (including phenoxy) is 2. The molecule has 0 radical (unpaired) electrons. The molecule has 1 aliphatic heterocycles. The summed E-state index contributed by atoms with van der Waals surface area (Å²) >= 11 is 6.23. The van der Waals surface area contributed by atoms with Crippen LogP contribution in [0.25, 0.3) is 0 Å². The predicted octanol–water partition coefficient (Wildman–Crippen LogP) is 5.88. The molecule has 0 aromatic heterocycles. The summed E-state index contributed by atoms with van der Waals surface area (Å²) in [4.78, 5) is 26.3. The highest BCUT2D eigenvalue weighted by atomic mass is 35.5. The number of hydrogen-bond acceptors (Lipinski definition) is 4. The molecule has 0 spiro atoms. The van der Waals surface area contributed by atoms with Gasteiger partial charge in [0, 0.05) is 6.42 Å². The Labute approximate surface area is 217 Å². The summed E-state index contributed by atoms with van der Waals surface area (Å²) < 4.78 is 11.6. The average Bonchev–Trinajstić information content (AvgIpc) is 3.12. The fourth-order valence-electron chi connectivity index (χ4n) is 4.24. The van der Waals surface area contributed by atoms with Gasteiger partial charge in [-0.25, -0.2) is 0 Å². The predicted molar refractivity (Wildman–Crippen MR) is 140 cm³/mol. The molecule has 4 rings (SSSR count). The van der Waals surface area contributed by atoms with Gasteiger partial charge in [-0.3, -0.25) is 9.59 Å². The summed E-state index contributed by atoms with van der Waals surface area (Å²) in [6.45, 7) is 5.33. The molecular formula is C29H31ClN2O4. The van der Waals surface area contributed by atoms with Crippen molar-refractivity contribution in [3.63, 3.8) is 0 Å². The van der Waals surface area contributed by atoms with Crippen LogP contribution in [0, 0.1) is 5.92 Å². The van der Waals surface area contributed by atoms with Crippen molar-refractivity contribution >= 4 is 23.4 Å². The van der Waals surface area contributed by atoms with Crippen LogP contribution in [-0.2, 0) is 4.79 Å². The van der Waals surface area contributed by atoms with Crippen LogP contribution in [0.2, 0.25) is 5.02 Å². The SMILES string of the molecule is CC(C)C(NC(=O)CC(NC(=O)c1ccccc1Cl)c1ccccc1)c1ccc2c(c1)OCCCO2.